The molecule has 0 aliphatic heterocycles. The van der Waals surface area contributed by atoms with Crippen LogP contribution in [0.2, 0.25) is 0 Å². The molecular weight excluding hydrogens is 476 g/mol. The van der Waals surface area contributed by atoms with E-state index in [2.05, 4.69) is 31.6 Å². The summed E-state index contributed by atoms with van der Waals surface area (Å²) in [6.07, 6.45) is 0. The Labute approximate surface area is 194 Å². The summed E-state index contributed by atoms with van der Waals surface area (Å²) in [7, 11) is 1.56. The zero-order chi connectivity index (χ0) is 23.3. The van der Waals surface area contributed by atoms with E-state index in [1.165, 1.54) is 0 Å². The fourth-order valence-electron chi connectivity index (χ4n) is 2.95. The fourth-order valence-corrected chi connectivity index (χ4v) is 3.23. The summed E-state index contributed by atoms with van der Waals surface area (Å²) in [5.74, 6) is 0.155. The van der Waals surface area contributed by atoms with Gasteiger partial charge in [0.05, 0.1) is 34.2 Å². The number of carbonyl (C=O) groups excluding carboxylic acids is 2. The largest absolute Gasteiger partial charge is 0.497 e. The Hall–Kier alpha value is -3.46. The Bertz CT molecular complexity index is 1170. The third-order valence-electron chi connectivity index (χ3n) is 4.74. The normalized spacial score (nSPS) is 11.2. The maximum Gasteiger partial charge on any atom is 0.343 e. The van der Waals surface area contributed by atoms with Gasteiger partial charge in [-0.3, -0.25) is 9.48 Å². The second-order valence-corrected chi connectivity index (χ2v) is 7.78. The number of methoxy groups -OCH3 is 1. The molecule has 0 saturated heterocycles. The molecule has 3 aromatic rings. The van der Waals surface area contributed by atoms with Crippen molar-refractivity contribution in [2.45, 2.75) is 27.3 Å². The van der Waals surface area contributed by atoms with Crippen LogP contribution in [0.3, 0.4) is 0 Å². The van der Waals surface area contributed by atoms with E-state index in [1.54, 1.807) is 67.2 Å². The standard InChI is InChI=1S/C23H23BrN4O4/c1-14(25-26-21(29)13-28-16(3)22(24)15(2)27-28)19-7-5-6-8-20(19)32-23(30)17-9-11-18(31-4)12-10-17/h5-12H,13H2,1-4H3,(H,26,29)/b25-14+. The molecule has 32 heavy (non-hydrogen) atoms. The number of hydrazone groups is 1. The minimum absolute atomic E-state index is 0.0309. The first kappa shape index (κ1) is 23.2. The molecule has 1 amide bonds. The number of hydrogen-bond donors (Lipinski definition) is 1. The number of amides is 1. The van der Waals surface area contributed by atoms with E-state index in [9.17, 15) is 9.59 Å². The predicted octanol–water partition coefficient (Wildman–Crippen LogP) is 4.03. The van der Waals surface area contributed by atoms with Crippen LogP contribution in [-0.4, -0.2) is 34.5 Å². The van der Waals surface area contributed by atoms with E-state index in [0.29, 0.717) is 28.3 Å². The molecule has 1 aromatic heterocycles. The topological polar surface area (TPSA) is 94.8 Å². The highest BCUT2D eigenvalue weighted by Gasteiger charge is 2.15. The molecular formula is C23H23BrN4O4. The van der Waals surface area contributed by atoms with E-state index < -0.39 is 5.97 Å². The van der Waals surface area contributed by atoms with Gasteiger partial charge in [0.1, 0.15) is 18.0 Å². The number of para-hydroxylation sites is 1. The summed E-state index contributed by atoms with van der Waals surface area (Å²) in [5, 5.41) is 8.49. The van der Waals surface area contributed by atoms with Gasteiger partial charge < -0.3 is 9.47 Å². The quantitative estimate of drug-likeness (QED) is 0.229. The van der Waals surface area contributed by atoms with Crippen LogP contribution in [0.4, 0.5) is 0 Å². The summed E-state index contributed by atoms with van der Waals surface area (Å²) in [6.45, 7) is 5.49. The van der Waals surface area contributed by atoms with Crippen LogP contribution in [0.25, 0.3) is 0 Å². The summed E-state index contributed by atoms with van der Waals surface area (Å²) in [5.41, 5.74) is 5.66. The molecule has 0 saturated carbocycles. The Morgan fingerprint density at radius 2 is 1.81 bits per heavy atom. The maximum atomic E-state index is 12.5. The second-order valence-electron chi connectivity index (χ2n) is 6.99. The van der Waals surface area contributed by atoms with Crippen LogP contribution in [0, 0.1) is 13.8 Å². The number of nitrogens with one attached hydrogen (secondary N) is 1. The van der Waals surface area contributed by atoms with Gasteiger partial charge >= 0.3 is 5.97 Å². The number of carbonyl (C=O) groups is 2. The molecule has 0 aliphatic carbocycles. The number of benzene rings is 2. The Balaban J connectivity index is 1.70. The highest BCUT2D eigenvalue weighted by atomic mass is 79.9. The average molecular weight is 499 g/mol. The van der Waals surface area contributed by atoms with Crippen LogP contribution in [0.15, 0.2) is 58.1 Å². The van der Waals surface area contributed by atoms with Crippen molar-refractivity contribution in [2.75, 3.05) is 7.11 Å². The van der Waals surface area contributed by atoms with Crippen molar-refractivity contribution in [1.29, 1.82) is 0 Å². The van der Waals surface area contributed by atoms with Gasteiger partial charge in [-0.05, 0) is 73.1 Å². The Morgan fingerprint density at radius 1 is 1.12 bits per heavy atom. The minimum Gasteiger partial charge on any atom is -0.497 e. The lowest BCUT2D eigenvalue weighted by Crippen LogP contribution is -2.25. The summed E-state index contributed by atoms with van der Waals surface area (Å²) in [6, 6.07) is 13.6. The molecule has 9 heteroatoms. The molecule has 166 valence electrons. The molecule has 1 N–H and O–H groups in total. The molecule has 3 rings (SSSR count). The summed E-state index contributed by atoms with van der Waals surface area (Å²) >= 11 is 3.44. The van der Waals surface area contributed by atoms with Crippen molar-refractivity contribution in [2.24, 2.45) is 5.10 Å². The van der Waals surface area contributed by atoms with E-state index in [-0.39, 0.29) is 12.5 Å². The lowest BCUT2D eigenvalue weighted by molar-refractivity contribution is -0.121. The van der Waals surface area contributed by atoms with Crippen molar-refractivity contribution >= 4 is 33.5 Å². The Morgan fingerprint density at radius 3 is 2.44 bits per heavy atom. The summed E-state index contributed by atoms with van der Waals surface area (Å²) in [4.78, 5) is 24.9. The highest BCUT2D eigenvalue weighted by molar-refractivity contribution is 9.10. The van der Waals surface area contributed by atoms with Gasteiger partial charge in [-0.2, -0.15) is 10.2 Å². The van der Waals surface area contributed by atoms with Crippen LogP contribution < -0.4 is 14.9 Å². The molecule has 0 bridgehead atoms. The molecule has 0 aliphatic rings. The first-order chi connectivity index (χ1) is 15.3. The van der Waals surface area contributed by atoms with E-state index in [0.717, 1.165) is 15.9 Å². The van der Waals surface area contributed by atoms with Crippen LogP contribution in [0.1, 0.15) is 34.2 Å². The van der Waals surface area contributed by atoms with Crippen molar-refractivity contribution in [3.8, 4) is 11.5 Å². The molecule has 0 radical (unpaired) electrons. The number of halogens is 1. The molecule has 1 heterocycles. The predicted molar refractivity (Wildman–Crippen MR) is 124 cm³/mol. The van der Waals surface area contributed by atoms with Crippen molar-refractivity contribution in [3.05, 3.63) is 75.5 Å². The van der Waals surface area contributed by atoms with Crippen LogP contribution >= 0.6 is 15.9 Å². The molecule has 0 unspecified atom stereocenters. The number of rotatable bonds is 7. The lowest BCUT2D eigenvalue weighted by Gasteiger charge is -2.10. The van der Waals surface area contributed by atoms with Gasteiger partial charge in [0.2, 0.25) is 0 Å². The number of nitrogens with zero attached hydrogens (tertiary/aromatic N) is 3. The molecule has 2 aromatic carbocycles. The molecule has 0 spiro atoms. The third kappa shape index (κ3) is 5.42. The molecule has 8 nitrogen and oxygen atoms in total. The zero-order valence-electron chi connectivity index (χ0n) is 18.2. The van der Waals surface area contributed by atoms with Crippen molar-refractivity contribution in [3.63, 3.8) is 0 Å². The van der Waals surface area contributed by atoms with Crippen LogP contribution in [-0.2, 0) is 11.3 Å². The zero-order valence-corrected chi connectivity index (χ0v) is 19.8. The van der Waals surface area contributed by atoms with Gasteiger partial charge in [0.25, 0.3) is 5.91 Å². The number of aromatic nitrogens is 2. The van der Waals surface area contributed by atoms with Crippen molar-refractivity contribution < 1.29 is 19.1 Å². The van der Waals surface area contributed by atoms with Gasteiger partial charge in [0.15, 0.2) is 0 Å². The van der Waals surface area contributed by atoms with Crippen molar-refractivity contribution in [1.82, 2.24) is 15.2 Å². The number of ether oxygens (including phenoxy) is 2. The van der Waals surface area contributed by atoms with Gasteiger partial charge in [-0.1, -0.05) is 12.1 Å². The van der Waals surface area contributed by atoms with E-state index in [1.807, 2.05) is 13.8 Å². The lowest BCUT2D eigenvalue weighted by atomic mass is 10.1. The SMILES string of the molecule is COc1ccc(C(=O)Oc2ccccc2/C(C)=N/NC(=O)Cn2nc(C)c(Br)c2C)cc1. The average Bonchev–Trinajstić information content (AvgIpc) is 3.04. The monoisotopic (exact) mass is 498 g/mol. The van der Waals surface area contributed by atoms with Gasteiger partial charge in [-0.15, -0.1) is 0 Å². The molecule has 0 atom stereocenters. The fraction of sp³-hybridized carbons (Fsp3) is 0.217. The van der Waals surface area contributed by atoms with E-state index >= 15 is 0 Å². The highest BCUT2D eigenvalue weighted by Crippen LogP contribution is 2.22. The van der Waals surface area contributed by atoms with Gasteiger partial charge in [0, 0.05) is 5.56 Å². The molecule has 0 fully saturated rings. The van der Waals surface area contributed by atoms with Gasteiger partial charge in [-0.25, -0.2) is 10.2 Å². The number of esters is 1. The summed E-state index contributed by atoms with van der Waals surface area (Å²) < 4.78 is 13.1. The minimum atomic E-state index is -0.507. The number of hydrogen-bond acceptors (Lipinski definition) is 6. The third-order valence-corrected chi connectivity index (χ3v) is 5.89. The first-order valence-corrected chi connectivity index (χ1v) is 10.6. The van der Waals surface area contributed by atoms with E-state index in [4.69, 9.17) is 9.47 Å². The van der Waals surface area contributed by atoms with Crippen LogP contribution in [0.5, 0.6) is 11.5 Å². The smallest absolute Gasteiger partial charge is 0.343 e. The number of aryl methyl sites for hydroxylation is 1. The maximum absolute atomic E-state index is 12.5. The first-order valence-electron chi connectivity index (χ1n) is 9.78. The second kappa shape index (κ2) is 10.2. The Kier molecular flexibility index (Phi) is 7.42.